The Balaban J connectivity index is 2.77. The van der Waals surface area contributed by atoms with Crippen LogP contribution in [-0.2, 0) is 6.61 Å². The van der Waals surface area contributed by atoms with E-state index >= 15 is 0 Å². The van der Waals surface area contributed by atoms with Crippen LogP contribution in [0.5, 0.6) is 0 Å². The maximum atomic E-state index is 9.05. The summed E-state index contributed by atoms with van der Waals surface area (Å²) in [5.41, 5.74) is 0.866. The van der Waals surface area contributed by atoms with Crippen LogP contribution < -0.4 is 0 Å². The summed E-state index contributed by atoms with van der Waals surface area (Å²) >= 11 is 3.39. The van der Waals surface area contributed by atoms with Crippen molar-refractivity contribution in [1.82, 2.24) is 4.98 Å². The third-order valence-corrected chi connectivity index (χ3v) is 2.47. The zero-order valence-corrected chi connectivity index (χ0v) is 8.45. The van der Waals surface area contributed by atoms with Crippen LogP contribution in [0.1, 0.15) is 5.56 Å². The molecule has 1 N–H and O–H groups in total. The van der Waals surface area contributed by atoms with Crippen molar-refractivity contribution in [2.24, 2.45) is 0 Å². The minimum Gasteiger partial charge on any atom is -0.392 e. The molecule has 0 saturated heterocycles. The predicted molar refractivity (Wildman–Crippen MR) is 55.4 cm³/mol. The number of hydrogen-bond acceptors (Lipinski definition) is 2. The molecule has 3 heteroatoms. The summed E-state index contributed by atoms with van der Waals surface area (Å²) in [6.07, 6.45) is 3.48. The van der Waals surface area contributed by atoms with Gasteiger partial charge in [0.1, 0.15) is 0 Å². The SMILES string of the molecule is OCc1cncc2cc(Br)ccc12. The first-order valence-corrected chi connectivity index (χ1v) is 4.73. The Labute approximate surface area is 84.4 Å². The van der Waals surface area contributed by atoms with Crippen molar-refractivity contribution < 1.29 is 5.11 Å². The number of hydrogen-bond donors (Lipinski definition) is 1. The Kier molecular flexibility index (Phi) is 2.29. The third kappa shape index (κ3) is 1.57. The van der Waals surface area contributed by atoms with Crippen LogP contribution in [0.25, 0.3) is 10.8 Å². The first-order chi connectivity index (χ1) is 6.31. The number of fused-ring (bicyclic) bond motifs is 1. The van der Waals surface area contributed by atoms with E-state index in [2.05, 4.69) is 20.9 Å². The molecule has 1 aromatic carbocycles. The maximum absolute atomic E-state index is 9.05. The van der Waals surface area contributed by atoms with Gasteiger partial charge in [-0.05, 0) is 17.5 Å². The van der Waals surface area contributed by atoms with Crippen molar-refractivity contribution in [3.8, 4) is 0 Å². The number of aliphatic hydroxyl groups excluding tert-OH is 1. The predicted octanol–water partition coefficient (Wildman–Crippen LogP) is 2.49. The van der Waals surface area contributed by atoms with Gasteiger partial charge in [-0.1, -0.05) is 22.0 Å². The van der Waals surface area contributed by atoms with E-state index in [0.29, 0.717) is 0 Å². The molecule has 0 fully saturated rings. The first-order valence-electron chi connectivity index (χ1n) is 3.94. The Morgan fingerprint density at radius 3 is 2.92 bits per heavy atom. The van der Waals surface area contributed by atoms with E-state index in [1.807, 2.05) is 18.2 Å². The fraction of sp³-hybridized carbons (Fsp3) is 0.100. The molecule has 0 spiro atoms. The van der Waals surface area contributed by atoms with E-state index in [-0.39, 0.29) is 6.61 Å². The second kappa shape index (κ2) is 3.44. The van der Waals surface area contributed by atoms with Crippen molar-refractivity contribution in [3.05, 3.63) is 40.6 Å². The van der Waals surface area contributed by atoms with Crippen LogP contribution in [-0.4, -0.2) is 10.1 Å². The van der Waals surface area contributed by atoms with Crippen LogP contribution in [0.2, 0.25) is 0 Å². The molecular weight excluding hydrogens is 230 g/mol. The van der Waals surface area contributed by atoms with Gasteiger partial charge in [0.25, 0.3) is 0 Å². The lowest BCUT2D eigenvalue weighted by molar-refractivity contribution is 0.283. The Hall–Kier alpha value is -0.930. The molecule has 0 aliphatic rings. The highest BCUT2D eigenvalue weighted by molar-refractivity contribution is 9.10. The average molecular weight is 238 g/mol. The van der Waals surface area contributed by atoms with Gasteiger partial charge in [0.15, 0.2) is 0 Å². The summed E-state index contributed by atoms with van der Waals surface area (Å²) < 4.78 is 1.02. The molecule has 2 nitrogen and oxygen atoms in total. The van der Waals surface area contributed by atoms with Crippen LogP contribution in [0.3, 0.4) is 0 Å². The third-order valence-electron chi connectivity index (χ3n) is 1.97. The summed E-state index contributed by atoms with van der Waals surface area (Å²) in [4.78, 5) is 4.04. The lowest BCUT2D eigenvalue weighted by atomic mass is 10.1. The van der Waals surface area contributed by atoms with E-state index in [1.165, 1.54) is 0 Å². The topological polar surface area (TPSA) is 33.1 Å². The van der Waals surface area contributed by atoms with E-state index in [0.717, 1.165) is 20.8 Å². The Morgan fingerprint density at radius 2 is 2.15 bits per heavy atom. The number of rotatable bonds is 1. The highest BCUT2D eigenvalue weighted by atomic mass is 79.9. The van der Waals surface area contributed by atoms with Crippen molar-refractivity contribution in [2.45, 2.75) is 6.61 Å². The standard InChI is InChI=1S/C10H8BrNO/c11-9-1-2-10-7(3-9)4-12-5-8(10)6-13/h1-5,13H,6H2. The zero-order chi connectivity index (χ0) is 9.26. The summed E-state index contributed by atoms with van der Waals surface area (Å²) in [6, 6.07) is 5.93. The van der Waals surface area contributed by atoms with Gasteiger partial charge in [-0.2, -0.15) is 0 Å². The molecule has 0 atom stereocenters. The summed E-state index contributed by atoms with van der Waals surface area (Å²) in [6.45, 7) is 0.0337. The van der Waals surface area contributed by atoms with Crippen molar-refractivity contribution in [3.63, 3.8) is 0 Å². The molecule has 0 saturated carbocycles. The van der Waals surface area contributed by atoms with Gasteiger partial charge < -0.3 is 5.11 Å². The molecular formula is C10H8BrNO. The van der Waals surface area contributed by atoms with Gasteiger partial charge in [0.2, 0.25) is 0 Å². The van der Waals surface area contributed by atoms with Crippen LogP contribution in [0, 0.1) is 0 Å². The Morgan fingerprint density at radius 1 is 1.31 bits per heavy atom. The minimum atomic E-state index is 0.0337. The highest BCUT2D eigenvalue weighted by Crippen LogP contribution is 2.21. The molecule has 2 rings (SSSR count). The van der Waals surface area contributed by atoms with Gasteiger partial charge in [0.05, 0.1) is 6.61 Å². The lowest BCUT2D eigenvalue weighted by Gasteiger charge is -2.02. The Bertz CT molecular complexity index is 442. The van der Waals surface area contributed by atoms with E-state index in [4.69, 9.17) is 5.11 Å². The van der Waals surface area contributed by atoms with Crippen molar-refractivity contribution >= 4 is 26.7 Å². The number of pyridine rings is 1. The number of halogens is 1. The molecule has 0 amide bonds. The molecule has 2 aromatic rings. The number of aromatic nitrogens is 1. The minimum absolute atomic E-state index is 0.0337. The average Bonchev–Trinajstić information content (AvgIpc) is 2.16. The van der Waals surface area contributed by atoms with E-state index in [1.54, 1.807) is 12.4 Å². The second-order valence-corrected chi connectivity index (χ2v) is 3.74. The van der Waals surface area contributed by atoms with Crippen molar-refractivity contribution in [1.29, 1.82) is 0 Å². The molecule has 0 aliphatic heterocycles. The van der Waals surface area contributed by atoms with Crippen molar-refractivity contribution in [2.75, 3.05) is 0 Å². The molecule has 1 heterocycles. The summed E-state index contributed by atoms with van der Waals surface area (Å²) in [5.74, 6) is 0. The second-order valence-electron chi connectivity index (χ2n) is 2.82. The quantitative estimate of drug-likeness (QED) is 0.827. The van der Waals surface area contributed by atoms with Gasteiger partial charge in [-0.3, -0.25) is 4.98 Å². The first kappa shape index (κ1) is 8.66. The normalized spacial score (nSPS) is 10.6. The number of aliphatic hydroxyl groups is 1. The molecule has 0 aliphatic carbocycles. The molecule has 0 unspecified atom stereocenters. The maximum Gasteiger partial charge on any atom is 0.0702 e. The molecule has 66 valence electrons. The molecule has 13 heavy (non-hydrogen) atoms. The summed E-state index contributed by atoms with van der Waals surface area (Å²) in [5, 5.41) is 11.2. The fourth-order valence-corrected chi connectivity index (χ4v) is 1.71. The number of benzene rings is 1. The van der Waals surface area contributed by atoms with Crippen LogP contribution >= 0.6 is 15.9 Å². The smallest absolute Gasteiger partial charge is 0.0702 e. The van der Waals surface area contributed by atoms with Crippen LogP contribution in [0.4, 0.5) is 0 Å². The molecule has 0 bridgehead atoms. The van der Waals surface area contributed by atoms with E-state index in [9.17, 15) is 0 Å². The van der Waals surface area contributed by atoms with E-state index < -0.39 is 0 Å². The number of nitrogens with zero attached hydrogens (tertiary/aromatic N) is 1. The van der Waals surface area contributed by atoms with Gasteiger partial charge in [-0.25, -0.2) is 0 Å². The fourth-order valence-electron chi connectivity index (χ4n) is 1.34. The zero-order valence-electron chi connectivity index (χ0n) is 6.87. The van der Waals surface area contributed by atoms with Gasteiger partial charge in [0, 0.05) is 27.8 Å². The highest BCUT2D eigenvalue weighted by Gasteiger charge is 1.99. The lowest BCUT2D eigenvalue weighted by Crippen LogP contribution is -1.87. The monoisotopic (exact) mass is 237 g/mol. The molecule has 1 aromatic heterocycles. The molecule has 0 radical (unpaired) electrons. The largest absolute Gasteiger partial charge is 0.392 e. The van der Waals surface area contributed by atoms with Crippen LogP contribution in [0.15, 0.2) is 35.1 Å². The summed E-state index contributed by atoms with van der Waals surface area (Å²) in [7, 11) is 0. The van der Waals surface area contributed by atoms with Gasteiger partial charge >= 0.3 is 0 Å². The van der Waals surface area contributed by atoms with Gasteiger partial charge in [-0.15, -0.1) is 0 Å².